The summed E-state index contributed by atoms with van der Waals surface area (Å²) in [6, 6.07) is 15.3. The molecule has 3 N–H and O–H groups in total. The number of ether oxygens (including phenoxy) is 1. The normalized spacial score (nSPS) is 18.3. The fourth-order valence-electron chi connectivity index (χ4n) is 4.34. The molecular formula is C30H39ClN2O4. The van der Waals surface area contributed by atoms with E-state index in [4.69, 9.17) is 21.4 Å². The third kappa shape index (κ3) is 9.29. The number of nitrogens with one attached hydrogen (secondary N) is 2. The van der Waals surface area contributed by atoms with Crippen LogP contribution in [-0.4, -0.2) is 24.2 Å². The van der Waals surface area contributed by atoms with E-state index in [9.17, 15) is 9.59 Å². The number of benzene rings is 2. The number of hydrogen-bond acceptors (Lipinski definition) is 4. The molecule has 2 aromatic carbocycles. The van der Waals surface area contributed by atoms with E-state index in [1.54, 1.807) is 20.0 Å². The van der Waals surface area contributed by atoms with Gasteiger partial charge in [0.05, 0.1) is 17.3 Å². The first-order chi connectivity index (χ1) is 17.5. The first-order valence-corrected chi connectivity index (χ1v) is 13.0. The fourth-order valence-corrected chi connectivity index (χ4v) is 4.62. The van der Waals surface area contributed by atoms with Crippen LogP contribution < -0.4 is 10.6 Å². The van der Waals surface area contributed by atoms with E-state index in [0.29, 0.717) is 22.2 Å². The monoisotopic (exact) mass is 526 g/mol. The number of allylic oxidation sites excluding steroid dienone is 1. The van der Waals surface area contributed by atoms with Crippen LogP contribution in [0.15, 0.2) is 66.4 Å². The number of aryl methyl sites for hydroxylation is 1. The number of aliphatic carboxylic acids is 1. The Hall–Kier alpha value is -3.25. The molecule has 0 aromatic heterocycles. The Kier molecular flexibility index (Phi) is 11.7. The summed E-state index contributed by atoms with van der Waals surface area (Å²) in [5.74, 6) is -0.0369. The summed E-state index contributed by atoms with van der Waals surface area (Å²) in [6.07, 6.45) is 3.03. The number of rotatable bonds is 7. The van der Waals surface area contributed by atoms with Crippen molar-refractivity contribution in [1.82, 2.24) is 10.6 Å². The Balaban J connectivity index is 0.000000402. The van der Waals surface area contributed by atoms with Crippen molar-refractivity contribution in [3.05, 3.63) is 88.1 Å². The molecule has 1 amide bonds. The lowest BCUT2D eigenvalue weighted by atomic mass is 9.83. The number of hydrogen-bond donors (Lipinski definition) is 3. The van der Waals surface area contributed by atoms with Gasteiger partial charge in [-0.15, -0.1) is 0 Å². The number of carboxylic acids is 1. The van der Waals surface area contributed by atoms with Crippen molar-refractivity contribution in [2.24, 2.45) is 11.8 Å². The molecule has 2 aromatic rings. The van der Waals surface area contributed by atoms with E-state index in [-0.39, 0.29) is 5.92 Å². The minimum Gasteiger partial charge on any atom is -0.481 e. The molecule has 1 saturated carbocycles. The first-order valence-electron chi connectivity index (χ1n) is 12.6. The highest BCUT2D eigenvalue weighted by atomic mass is 35.5. The Labute approximate surface area is 225 Å². The van der Waals surface area contributed by atoms with Crippen molar-refractivity contribution in [2.75, 3.05) is 7.05 Å². The highest BCUT2D eigenvalue weighted by Crippen LogP contribution is 2.28. The van der Waals surface area contributed by atoms with Gasteiger partial charge in [-0.1, -0.05) is 86.0 Å². The van der Waals surface area contributed by atoms with Crippen LogP contribution in [-0.2, 0) is 9.53 Å². The molecule has 0 heterocycles. The minimum atomic E-state index is -0.605. The predicted molar refractivity (Wildman–Crippen MR) is 150 cm³/mol. The lowest BCUT2D eigenvalue weighted by Gasteiger charge is -2.22. The standard InChI is InChI=1S/C22H25ClN2O2.C8H14O2/c1-14(2)20(21(24-5)17-12-10-15(3)11-13-17)25-22(26)27-16(4)18-8-6-7-9-19(18)23;1-6-3-2-4-7(5-6)8(9)10/h6-13,16,24H,1H2,2-5H3,(H,25,26);6-7H,2-5H2,1H3,(H,9,10)/b21-20+;/t;6-,7?/m.0/s1. The molecule has 2 unspecified atom stereocenters. The molecule has 0 bridgehead atoms. The zero-order valence-corrected chi connectivity index (χ0v) is 23.2. The highest BCUT2D eigenvalue weighted by Gasteiger charge is 2.24. The first kappa shape index (κ1) is 30.0. The SMILES string of the molecule is C=C(C)/C(NC(=O)OC(C)c1ccccc1Cl)=C(\NC)c1ccc(C)cc1.C[C@H]1CCCC(C(=O)O)C1. The van der Waals surface area contributed by atoms with Crippen molar-refractivity contribution in [3.63, 3.8) is 0 Å². The van der Waals surface area contributed by atoms with E-state index in [1.807, 2.05) is 56.3 Å². The highest BCUT2D eigenvalue weighted by molar-refractivity contribution is 6.31. The molecule has 0 saturated heterocycles. The molecule has 3 atom stereocenters. The van der Waals surface area contributed by atoms with Gasteiger partial charge in [-0.05, 0) is 56.7 Å². The molecule has 0 aliphatic heterocycles. The number of halogens is 1. The van der Waals surface area contributed by atoms with Gasteiger partial charge in [-0.25, -0.2) is 4.79 Å². The van der Waals surface area contributed by atoms with Crippen LogP contribution in [0.1, 0.15) is 69.2 Å². The Morgan fingerprint density at radius 2 is 1.78 bits per heavy atom. The van der Waals surface area contributed by atoms with Crippen molar-refractivity contribution in [1.29, 1.82) is 0 Å². The Morgan fingerprint density at radius 3 is 2.30 bits per heavy atom. The van der Waals surface area contributed by atoms with Crippen LogP contribution in [0.2, 0.25) is 5.02 Å². The maximum Gasteiger partial charge on any atom is 0.412 e. The topological polar surface area (TPSA) is 87.7 Å². The Bertz CT molecular complexity index is 1110. The molecule has 3 rings (SSSR count). The molecule has 0 radical (unpaired) electrons. The van der Waals surface area contributed by atoms with Crippen LogP contribution in [0, 0.1) is 18.8 Å². The van der Waals surface area contributed by atoms with Gasteiger partial charge < -0.3 is 15.2 Å². The number of carboxylic acid groups (broad SMARTS) is 1. The van der Waals surface area contributed by atoms with Crippen LogP contribution in [0.5, 0.6) is 0 Å². The second-order valence-electron chi connectivity index (χ2n) is 9.65. The van der Waals surface area contributed by atoms with Gasteiger partial charge >= 0.3 is 12.1 Å². The van der Waals surface area contributed by atoms with Crippen LogP contribution in [0.4, 0.5) is 4.79 Å². The largest absolute Gasteiger partial charge is 0.481 e. The van der Waals surface area contributed by atoms with Crippen LogP contribution in [0.3, 0.4) is 0 Å². The molecule has 37 heavy (non-hydrogen) atoms. The average molecular weight is 527 g/mol. The second kappa shape index (κ2) is 14.5. The summed E-state index contributed by atoms with van der Waals surface area (Å²) in [5, 5.41) is 15.2. The van der Waals surface area contributed by atoms with E-state index in [1.165, 1.54) is 6.42 Å². The molecule has 6 nitrogen and oxygen atoms in total. The quantitative estimate of drug-likeness (QED) is 0.325. The Morgan fingerprint density at radius 1 is 1.14 bits per heavy atom. The summed E-state index contributed by atoms with van der Waals surface area (Å²) >= 11 is 6.18. The lowest BCUT2D eigenvalue weighted by molar-refractivity contribution is -0.143. The van der Waals surface area contributed by atoms with Crippen molar-refractivity contribution in [3.8, 4) is 0 Å². The van der Waals surface area contributed by atoms with Crippen LogP contribution >= 0.6 is 11.6 Å². The lowest BCUT2D eigenvalue weighted by Crippen LogP contribution is -2.28. The van der Waals surface area contributed by atoms with E-state index in [0.717, 1.165) is 41.6 Å². The predicted octanol–water partition coefficient (Wildman–Crippen LogP) is 7.50. The van der Waals surface area contributed by atoms with Gasteiger partial charge in [0.15, 0.2) is 0 Å². The van der Waals surface area contributed by atoms with Gasteiger partial charge in [0.1, 0.15) is 6.10 Å². The average Bonchev–Trinajstić information content (AvgIpc) is 2.85. The summed E-state index contributed by atoms with van der Waals surface area (Å²) < 4.78 is 5.51. The number of amides is 1. The van der Waals surface area contributed by atoms with E-state index < -0.39 is 18.2 Å². The summed E-state index contributed by atoms with van der Waals surface area (Å²) in [6.45, 7) is 11.8. The molecule has 1 aliphatic rings. The van der Waals surface area contributed by atoms with Gasteiger partial charge in [-0.2, -0.15) is 0 Å². The van der Waals surface area contributed by atoms with E-state index in [2.05, 4.69) is 24.1 Å². The van der Waals surface area contributed by atoms with Gasteiger partial charge in [0.25, 0.3) is 0 Å². The summed E-state index contributed by atoms with van der Waals surface area (Å²) in [7, 11) is 1.80. The maximum absolute atomic E-state index is 12.5. The molecule has 0 spiro atoms. The summed E-state index contributed by atoms with van der Waals surface area (Å²) in [5.41, 5.74) is 4.92. The van der Waals surface area contributed by atoms with Gasteiger partial charge in [0, 0.05) is 17.6 Å². The van der Waals surface area contributed by atoms with E-state index >= 15 is 0 Å². The molecule has 1 fully saturated rings. The number of carbonyl (C=O) groups is 2. The smallest absolute Gasteiger partial charge is 0.412 e. The van der Waals surface area contributed by atoms with Crippen LogP contribution in [0.25, 0.3) is 5.70 Å². The summed E-state index contributed by atoms with van der Waals surface area (Å²) in [4.78, 5) is 23.0. The minimum absolute atomic E-state index is 0.0521. The molecular weight excluding hydrogens is 488 g/mol. The molecule has 7 heteroatoms. The third-order valence-corrected chi connectivity index (χ3v) is 6.75. The molecule has 200 valence electrons. The van der Waals surface area contributed by atoms with Crippen molar-refractivity contribution >= 4 is 29.4 Å². The fraction of sp³-hybridized carbons (Fsp3) is 0.400. The zero-order chi connectivity index (χ0) is 27.5. The second-order valence-corrected chi connectivity index (χ2v) is 10.1. The molecule has 1 aliphatic carbocycles. The number of carbonyl (C=O) groups excluding carboxylic acids is 1. The third-order valence-electron chi connectivity index (χ3n) is 6.41. The zero-order valence-electron chi connectivity index (χ0n) is 22.4. The van der Waals surface area contributed by atoms with Crippen molar-refractivity contribution in [2.45, 2.75) is 59.5 Å². The maximum atomic E-state index is 12.5. The number of alkyl carbamates (subject to hydrolysis) is 1. The van der Waals surface area contributed by atoms with Gasteiger partial charge in [0.2, 0.25) is 0 Å². The van der Waals surface area contributed by atoms with Gasteiger partial charge in [-0.3, -0.25) is 10.1 Å². The van der Waals surface area contributed by atoms with Crippen molar-refractivity contribution < 1.29 is 19.4 Å².